The second-order valence-electron chi connectivity index (χ2n) is 4.38. The predicted octanol–water partition coefficient (Wildman–Crippen LogP) is 2.98. The Hall–Kier alpha value is -2.07. The van der Waals surface area contributed by atoms with Crippen molar-refractivity contribution in [2.45, 2.75) is 13.5 Å². The first kappa shape index (κ1) is 14.3. The lowest BCUT2D eigenvalue weighted by atomic mass is 10.1. The molecular weight excluding hydrogens is 274 g/mol. The van der Waals surface area contributed by atoms with Crippen LogP contribution in [0.3, 0.4) is 0 Å². The minimum Gasteiger partial charge on any atom is -0.398 e. The van der Waals surface area contributed by atoms with Gasteiger partial charge in [-0.15, -0.1) is 0 Å². The molecule has 0 unspecified atom stereocenters. The Labute approximate surface area is 123 Å². The zero-order chi connectivity index (χ0) is 14.5. The van der Waals surface area contributed by atoms with Crippen LogP contribution in [0.4, 0.5) is 5.69 Å². The highest BCUT2D eigenvalue weighted by molar-refractivity contribution is 6.33. The van der Waals surface area contributed by atoms with Gasteiger partial charge in [0.05, 0.1) is 22.9 Å². The lowest BCUT2D eigenvalue weighted by molar-refractivity contribution is 0.0750. The number of aromatic nitrogens is 1. The molecule has 0 bridgehead atoms. The predicted molar refractivity (Wildman–Crippen MR) is 80.5 cm³/mol. The number of carbonyl (C=O) groups excluding carboxylic acids is 1. The number of benzene rings is 1. The summed E-state index contributed by atoms with van der Waals surface area (Å²) >= 11 is 5.96. The Morgan fingerprint density at radius 2 is 2.15 bits per heavy atom. The van der Waals surface area contributed by atoms with Crippen LogP contribution in [0.5, 0.6) is 0 Å². The van der Waals surface area contributed by atoms with Gasteiger partial charge in [-0.05, 0) is 37.3 Å². The molecule has 2 rings (SSSR count). The van der Waals surface area contributed by atoms with Crippen molar-refractivity contribution >= 4 is 23.2 Å². The number of nitrogens with zero attached hydrogens (tertiary/aromatic N) is 2. The van der Waals surface area contributed by atoms with E-state index in [2.05, 4.69) is 4.98 Å². The van der Waals surface area contributed by atoms with E-state index in [1.165, 1.54) is 0 Å². The van der Waals surface area contributed by atoms with Crippen molar-refractivity contribution in [1.29, 1.82) is 0 Å². The molecule has 1 aromatic heterocycles. The molecule has 2 N–H and O–H groups in total. The van der Waals surface area contributed by atoms with Gasteiger partial charge in [-0.2, -0.15) is 0 Å². The van der Waals surface area contributed by atoms with Crippen LogP contribution >= 0.6 is 11.6 Å². The fourth-order valence-electron chi connectivity index (χ4n) is 1.86. The van der Waals surface area contributed by atoms with Gasteiger partial charge in [-0.3, -0.25) is 9.78 Å². The summed E-state index contributed by atoms with van der Waals surface area (Å²) < 4.78 is 0. The Balaban J connectivity index is 2.18. The van der Waals surface area contributed by atoms with Crippen LogP contribution in [0.1, 0.15) is 23.0 Å². The summed E-state index contributed by atoms with van der Waals surface area (Å²) in [4.78, 5) is 18.4. The van der Waals surface area contributed by atoms with E-state index in [0.29, 0.717) is 29.4 Å². The van der Waals surface area contributed by atoms with Crippen molar-refractivity contribution in [3.05, 3.63) is 58.9 Å². The minimum absolute atomic E-state index is 0.0833. The maximum absolute atomic E-state index is 12.4. The first-order chi connectivity index (χ1) is 9.61. The molecule has 1 heterocycles. The van der Waals surface area contributed by atoms with E-state index in [4.69, 9.17) is 17.3 Å². The highest BCUT2D eigenvalue weighted by atomic mass is 35.5. The molecule has 5 heteroatoms. The second kappa shape index (κ2) is 6.39. The summed E-state index contributed by atoms with van der Waals surface area (Å²) in [5.41, 5.74) is 7.50. The lowest BCUT2D eigenvalue weighted by Crippen LogP contribution is -2.30. The Morgan fingerprint density at radius 1 is 1.35 bits per heavy atom. The maximum atomic E-state index is 12.4. The molecule has 20 heavy (non-hydrogen) atoms. The molecule has 4 nitrogen and oxygen atoms in total. The molecule has 1 amide bonds. The van der Waals surface area contributed by atoms with Gasteiger partial charge in [0.25, 0.3) is 5.91 Å². The van der Waals surface area contributed by atoms with Crippen LogP contribution < -0.4 is 5.73 Å². The highest BCUT2D eigenvalue weighted by Crippen LogP contribution is 2.21. The topological polar surface area (TPSA) is 59.2 Å². The zero-order valence-electron chi connectivity index (χ0n) is 11.2. The number of hydrogen-bond acceptors (Lipinski definition) is 3. The van der Waals surface area contributed by atoms with Crippen molar-refractivity contribution in [1.82, 2.24) is 9.88 Å². The molecule has 0 aliphatic carbocycles. The van der Waals surface area contributed by atoms with Gasteiger partial charge in [0.1, 0.15) is 0 Å². The number of nitrogens with two attached hydrogens (primary N) is 1. The van der Waals surface area contributed by atoms with Crippen molar-refractivity contribution in [3.63, 3.8) is 0 Å². The highest BCUT2D eigenvalue weighted by Gasteiger charge is 2.15. The standard InChI is InChI=1S/C15H16ClN3O/c1-2-19(10-12-5-3-4-8-18-12)15(20)11-6-7-14(17)13(16)9-11/h3-9H,2,10,17H2,1H3. The fourth-order valence-corrected chi connectivity index (χ4v) is 2.04. The summed E-state index contributed by atoms with van der Waals surface area (Å²) in [7, 11) is 0. The van der Waals surface area contributed by atoms with Crippen LogP contribution in [-0.4, -0.2) is 22.3 Å². The normalized spacial score (nSPS) is 10.3. The number of rotatable bonds is 4. The Bertz CT molecular complexity index is 601. The van der Waals surface area contributed by atoms with E-state index >= 15 is 0 Å². The van der Waals surface area contributed by atoms with E-state index in [9.17, 15) is 4.79 Å². The molecule has 0 spiro atoms. The van der Waals surface area contributed by atoms with Gasteiger partial charge in [0.2, 0.25) is 0 Å². The third kappa shape index (κ3) is 3.27. The molecule has 0 aliphatic heterocycles. The number of anilines is 1. The second-order valence-corrected chi connectivity index (χ2v) is 4.78. The van der Waals surface area contributed by atoms with Gasteiger partial charge >= 0.3 is 0 Å². The quantitative estimate of drug-likeness (QED) is 0.880. The first-order valence-corrected chi connectivity index (χ1v) is 6.73. The van der Waals surface area contributed by atoms with Gasteiger partial charge in [-0.1, -0.05) is 17.7 Å². The van der Waals surface area contributed by atoms with Gasteiger partial charge in [0, 0.05) is 18.3 Å². The average Bonchev–Trinajstić information content (AvgIpc) is 2.48. The van der Waals surface area contributed by atoms with Crippen molar-refractivity contribution in [2.75, 3.05) is 12.3 Å². The summed E-state index contributed by atoms with van der Waals surface area (Å²) in [5.74, 6) is -0.0833. The maximum Gasteiger partial charge on any atom is 0.254 e. The van der Waals surface area contributed by atoms with E-state index < -0.39 is 0 Å². The Kier molecular flexibility index (Phi) is 4.58. The third-order valence-corrected chi connectivity index (χ3v) is 3.32. The molecule has 104 valence electrons. The number of nitrogen functional groups attached to an aromatic ring is 1. The van der Waals surface area contributed by atoms with Crippen LogP contribution in [0, 0.1) is 0 Å². The monoisotopic (exact) mass is 289 g/mol. The largest absolute Gasteiger partial charge is 0.398 e. The molecule has 0 atom stereocenters. The van der Waals surface area contributed by atoms with Crippen LogP contribution in [-0.2, 0) is 6.54 Å². The first-order valence-electron chi connectivity index (χ1n) is 6.36. The molecule has 0 aliphatic rings. The summed E-state index contributed by atoms with van der Waals surface area (Å²) in [6.45, 7) is 3.00. The van der Waals surface area contributed by atoms with E-state index in [1.54, 1.807) is 29.3 Å². The fraction of sp³-hybridized carbons (Fsp3) is 0.200. The summed E-state index contributed by atoms with van der Waals surface area (Å²) in [6, 6.07) is 10.6. The number of carbonyl (C=O) groups is 1. The number of amides is 1. The van der Waals surface area contributed by atoms with Gasteiger partial charge in [-0.25, -0.2) is 0 Å². The molecule has 0 saturated heterocycles. The molecule has 0 fully saturated rings. The van der Waals surface area contributed by atoms with E-state index in [1.807, 2.05) is 25.1 Å². The van der Waals surface area contributed by atoms with Crippen molar-refractivity contribution in [2.24, 2.45) is 0 Å². The minimum atomic E-state index is -0.0833. The molecule has 0 saturated carbocycles. The number of halogens is 1. The summed E-state index contributed by atoms with van der Waals surface area (Å²) in [5, 5.41) is 0.393. The van der Waals surface area contributed by atoms with Gasteiger partial charge < -0.3 is 10.6 Å². The van der Waals surface area contributed by atoms with Crippen molar-refractivity contribution < 1.29 is 4.79 Å². The smallest absolute Gasteiger partial charge is 0.254 e. The van der Waals surface area contributed by atoms with E-state index in [-0.39, 0.29) is 5.91 Å². The van der Waals surface area contributed by atoms with Crippen LogP contribution in [0.15, 0.2) is 42.6 Å². The molecule has 2 aromatic rings. The average molecular weight is 290 g/mol. The Morgan fingerprint density at radius 3 is 2.75 bits per heavy atom. The third-order valence-electron chi connectivity index (χ3n) is 3.00. The van der Waals surface area contributed by atoms with Crippen LogP contribution in [0.2, 0.25) is 5.02 Å². The van der Waals surface area contributed by atoms with Crippen LogP contribution in [0.25, 0.3) is 0 Å². The lowest BCUT2D eigenvalue weighted by Gasteiger charge is -2.20. The van der Waals surface area contributed by atoms with E-state index in [0.717, 1.165) is 5.69 Å². The zero-order valence-corrected chi connectivity index (χ0v) is 12.0. The SMILES string of the molecule is CCN(Cc1ccccn1)C(=O)c1ccc(N)c(Cl)c1. The molecule has 0 radical (unpaired) electrons. The summed E-state index contributed by atoms with van der Waals surface area (Å²) in [6.07, 6.45) is 1.72. The van der Waals surface area contributed by atoms with Crippen molar-refractivity contribution in [3.8, 4) is 0 Å². The number of hydrogen-bond donors (Lipinski definition) is 1. The number of pyridine rings is 1. The molecular formula is C15H16ClN3O. The molecule has 1 aromatic carbocycles. The van der Waals surface area contributed by atoms with Gasteiger partial charge in [0.15, 0.2) is 0 Å².